The van der Waals surface area contributed by atoms with E-state index in [1.807, 2.05) is 24.3 Å². The van der Waals surface area contributed by atoms with Crippen LogP contribution in [0.3, 0.4) is 0 Å². The van der Waals surface area contributed by atoms with Crippen LogP contribution in [-0.4, -0.2) is 41.5 Å². The topological polar surface area (TPSA) is 61.4 Å². The number of hydrogen-bond donors (Lipinski definition) is 2. The Hall–Kier alpha value is -1.59. The summed E-state index contributed by atoms with van der Waals surface area (Å²) in [7, 11) is 0. The molecule has 3 fully saturated rings. The molecular weight excluding hydrogens is 350 g/mol. The Kier molecular flexibility index (Phi) is 4.93. The summed E-state index contributed by atoms with van der Waals surface area (Å²) in [6.45, 7) is 1.75. The highest BCUT2D eigenvalue weighted by Crippen LogP contribution is 2.39. The van der Waals surface area contributed by atoms with Crippen LogP contribution in [0.1, 0.15) is 44.1 Å². The van der Waals surface area contributed by atoms with E-state index in [1.54, 1.807) is 0 Å². The summed E-state index contributed by atoms with van der Waals surface area (Å²) in [4.78, 5) is 28.0. The lowest BCUT2D eigenvalue weighted by Crippen LogP contribution is -2.57. The van der Waals surface area contributed by atoms with E-state index in [0.29, 0.717) is 11.4 Å². The van der Waals surface area contributed by atoms with Gasteiger partial charge in [0.05, 0.1) is 0 Å². The van der Waals surface area contributed by atoms with Gasteiger partial charge in [-0.2, -0.15) is 0 Å². The normalized spacial score (nSPS) is 28.0. The zero-order valence-corrected chi connectivity index (χ0v) is 15.7. The molecule has 140 valence electrons. The second kappa shape index (κ2) is 7.20. The summed E-state index contributed by atoms with van der Waals surface area (Å²) in [6.07, 6.45) is 6.26. The Morgan fingerprint density at radius 3 is 2.46 bits per heavy atom. The van der Waals surface area contributed by atoms with Crippen LogP contribution in [0.4, 0.5) is 4.79 Å². The number of amides is 3. The Labute approximate surface area is 159 Å². The van der Waals surface area contributed by atoms with Crippen molar-refractivity contribution in [1.29, 1.82) is 0 Å². The molecule has 1 aliphatic carbocycles. The van der Waals surface area contributed by atoms with Crippen molar-refractivity contribution in [3.63, 3.8) is 0 Å². The molecule has 3 amide bonds. The molecule has 5 nitrogen and oxygen atoms in total. The van der Waals surface area contributed by atoms with Gasteiger partial charge in [-0.1, -0.05) is 42.6 Å². The molecule has 0 unspecified atom stereocenters. The lowest BCUT2D eigenvalue weighted by molar-refractivity contribution is -0.135. The molecule has 2 heterocycles. The molecule has 0 aromatic heterocycles. The van der Waals surface area contributed by atoms with Gasteiger partial charge in [-0.15, -0.1) is 0 Å². The average molecular weight is 376 g/mol. The molecule has 1 atom stereocenters. The van der Waals surface area contributed by atoms with Gasteiger partial charge < -0.3 is 10.6 Å². The Bertz CT molecular complexity index is 698. The van der Waals surface area contributed by atoms with Crippen molar-refractivity contribution in [3.05, 3.63) is 34.9 Å². The molecular formula is C20H26ClN3O2. The van der Waals surface area contributed by atoms with E-state index in [4.69, 9.17) is 11.6 Å². The van der Waals surface area contributed by atoms with E-state index in [9.17, 15) is 9.59 Å². The van der Waals surface area contributed by atoms with Crippen LogP contribution in [-0.2, 0) is 11.2 Å². The van der Waals surface area contributed by atoms with Gasteiger partial charge in [0, 0.05) is 17.5 Å². The highest BCUT2D eigenvalue weighted by molar-refractivity contribution is 6.31. The van der Waals surface area contributed by atoms with Crippen molar-refractivity contribution < 1.29 is 9.59 Å². The number of imide groups is 1. The monoisotopic (exact) mass is 375 g/mol. The molecule has 2 N–H and O–H groups in total. The quantitative estimate of drug-likeness (QED) is 0.795. The van der Waals surface area contributed by atoms with Crippen LogP contribution in [0.5, 0.6) is 0 Å². The molecule has 1 aromatic carbocycles. The summed E-state index contributed by atoms with van der Waals surface area (Å²) in [5.41, 5.74) is 0.0573. The van der Waals surface area contributed by atoms with Gasteiger partial charge in [0.2, 0.25) is 0 Å². The zero-order valence-electron chi connectivity index (χ0n) is 15.0. The minimum Gasteiger partial charge on any atom is -0.322 e. The molecule has 26 heavy (non-hydrogen) atoms. The van der Waals surface area contributed by atoms with Crippen LogP contribution in [0.25, 0.3) is 0 Å². The van der Waals surface area contributed by atoms with Gasteiger partial charge in [-0.05, 0) is 56.3 Å². The van der Waals surface area contributed by atoms with Gasteiger partial charge >= 0.3 is 6.03 Å². The lowest BCUT2D eigenvalue weighted by Gasteiger charge is -2.38. The maximum Gasteiger partial charge on any atom is 0.325 e. The van der Waals surface area contributed by atoms with Crippen molar-refractivity contribution in [2.45, 2.75) is 56.5 Å². The SMILES string of the molecule is O=C1N[C@@](Cc2ccccc2Cl)(C2CCNCC2)C(=O)N1C1CCCC1. The number of nitrogens with one attached hydrogen (secondary N) is 2. The number of halogens is 1. The van der Waals surface area contributed by atoms with E-state index < -0.39 is 5.54 Å². The second-order valence-electron chi connectivity index (χ2n) is 7.81. The molecule has 0 bridgehead atoms. The van der Waals surface area contributed by atoms with Crippen LogP contribution >= 0.6 is 11.6 Å². The number of benzene rings is 1. The van der Waals surface area contributed by atoms with Crippen molar-refractivity contribution in [3.8, 4) is 0 Å². The lowest BCUT2D eigenvalue weighted by atomic mass is 9.74. The summed E-state index contributed by atoms with van der Waals surface area (Å²) in [5.74, 6) is 0.0871. The van der Waals surface area contributed by atoms with Crippen LogP contribution in [0.2, 0.25) is 5.02 Å². The van der Waals surface area contributed by atoms with Gasteiger partial charge in [0.25, 0.3) is 5.91 Å². The van der Waals surface area contributed by atoms with E-state index >= 15 is 0 Å². The summed E-state index contributed by atoms with van der Waals surface area (Å²) in [5, 5.41) is 7.15. The fourth-order valence-electron chi connectivity index (χ4n) is 4.90. The predicted molar refractivity (Wildman–Crippen MR) is 101 cm³/mol. The number of hydrogen-bond acceptors (Lipinski definition) is 3. The molecule has 6 heteroatoms. The van der Waals surface area contributed by atoms with E-state index in [-0.39, 0.29) is 23.9 Å². The summed E-state index contributed by atoms with van der Waals surface area (Å²) >= 11 is 6.40. The number of nitrogens with zero attached hydrogens (tertiary/aromatic N) is 1. The minimum atomic E-state index is -0.868. The predicted octanol–water partition coefficient (Wildman–Crippen LogP) is 3.12. The largest absolute Gasteiger partial charge is 0.325 e. The van der Waals surface area contributed by atoms with Crippen molar-refractivity contribution in [1.82, 2.24) is 15.5 Å². The zero-order chi connectivity index (χ0) is 18.1. The Balaban J connectivity index is 1.70. The van der Waals surface area contributed by atoms with Gasteiger partial charge in [-0.25, -0.2) is 4.79 Å². The minimum absolute atomic E-state index is 0.0405. The first-order valence-electron chi connectivity index (χ1n) is 9.72. The van der Waals surface area contributed by atoms with Crippen molar-refractivity contribution in [2.75, 3.05) is 13.1 Å². The Morgan fingerprint density at radius 1 is 1.08 bits per heavy atom. The number of carbonyl (C=O) groups excluding carboxylic acids is 2. The fourth-order valence-corrected chi connectivity index (χ4v) is 5.11. The van der Waals surface area contributed by atoms with E-state index in [0.717, 1.165) is 57.2 Å². The molecule has 2 aliphatic heterocycles. The summed E-state index contributed by atoms with van der Waals surface area (Å²) in [6, 6.07) is 7.48. The maximum atomic E-state index is 13.6. The second-order valence-corrected chi connectivity index (χ2v) is 8.21. The molecule has 3 aliphatic rings. The maximum absolute atomic E-state index is 13.6. The van der Waals surface area contributed by atoms with Gasteiger partial charge in [0.1, 0.15) is 5.54 Å². The Morgan fingerprint density at radius 2 is 1.77 bits per heavy atom. The van der Waals surface area contributed by atoms with E-state index in [2.05, 4.69) is 10.6 Å². The van der Waals surface area contributed by atoms with Gasteiger partial charge in [0.15, 0.2) is 0 Å². The molecule has 4 rings (SSSR count). The van der Waals surface area contributed by atoms with Crippen molar-refractivity contribution in [2.24, 2.45) is 5.92 Å². The number of piperidine rings is 1. The number of carbonyl (C=O) groups is 2. The van der Waals surface area contributed by atoms with Crippen LogP contribution in [0.15, 0.2) is 24.3 Å². The first-order valence-corrected chi connectivity index (χ1v) is 10.1. The van der Waals surface area contributed by atoms with Crippen molar-refractivity contribution >= 4 is 23.5 Å². The summed E-state index contributed by atoms with van der Waals surface area (Å²) < 4.78 is 0. The smallest absolute Gasteiger partial charge is 0.322 e. The standard InChI is InChI=1S/C20H26ClN3O2/c21-17-8-4-1-5-14(17)13-20(15-9-11-22-12-10-15)18(25)24(19(26)23-20)16-6-2-3-7-16/h1,4-5,8,15-16,22H,2-3,6-7,9-13H2,(H,23,26)/t20-/m0/s1. The molecule has 0 radical (unpaired) electrons. The first-order chi connectivity index (χ1) is 12.6. The van der Waals surface area contributed by atoms with Crippen LogP contribution < -0.4 is 10.6 Å². The number of urea groups is 1. The molecule has 2 saturated heterocycles. The van der Waals surface area contributed by atoms with Crippen LogP contribution in [0, 0.1) is 5.92 Å². The van der Waals surface area contributed by atoms with Gasteiger partial charge in [-0.3, -0.25) is 9.69 Å². The molecule has 1 aromatic rings. The third-order valence-electron chi connectivity index (χ3n) is 6.30. The highest BCUT2D eigenvalue weighted by Gasteiger charge is 2.57. The van der Waals surface area contributed by atoms with E-state index in [1.165, 1.54) is 4.90 Å². The third kappa shape index (κ3) is 3.01. The fraction of sp³-hybridized carbons (Fsp3) is 0.600. The molecule has 0 spiro atoms. The first kappa shape index (κ1) is 17.8. The molecule has 1 saturated carbocycles. The highest BCUT2D eigenvalue weighted by atomic mass is 35.5. The number of rotatable bonds is 4. The average Bonchev–Trinajstić information content (AvgIpc) is 3.25. The third-order valence-corrected chi connectivity index (χ3v) is 6.67.